The number of methoxy groups -OCH3 is 1. The van der Waals surface area contributed by atoms with Gasteiger partial charge in [-0.3, -0.25) is 9.69 Å². The lowest BCUT2D eigenvalue weighted by atomic mass is 10.0. The van der Waals surface area contributed by atoms with E-state index in [1.165, 1.54) is 0 Å². The first-order valence-electron chi connectivity index (χ1n) is 10.2. The van der Waals surface area contributed by atoms with Crippen molar-refractivity contribution in [1.82, 2.24) is 10.2 Å². The van der Waals surface area contributed by atoms with Gasteiger partial charge in [0.15, 0.2) is 0 Å². The number of nitrogens with zero attached hydrogens (tertiary/aromatic N) is 1. The van der Waals surface area contributed by atoms with Crippen molar-refractivity contribution < 1.29 is 23.8 Å². The summed E-state index contributed by atoms with van der Waals surface area (Å²) in [5.74, 6) is 0.286. The van der Waals surface area contributed by atoms with E-state index in [0.717, 1.165) is 30.0 Å². The Morgan fingerprint density at radius 1 is 1.17 bits per heavy atom. The van der Waals surface area contributed by atoms with Crippen LogP contribution in [0.5, 0.6) is 5.75 Å². The van der Waals surface area contributed by atoms with Gasteiger partial charge in [-0.1, -0.05) is 30.3 Å². The number of morpholine rings is 1. The summed E-state index contributed by atoms with van der Waals surface area (Å²) in [6.45, 7) is 3.43. The molecule has 2 atom stereocenters. The molecule has 30 heavy (non-hydrogen) atoms. The summed E-state index contributed by atoms with van der Waals surface area (Å²) in [6.07, 6.45) is -0.419. The van der Waals surface area contributed by atoms with E-state index in [4.69, 9.17) is 14.2 Å². The molecule has 4 rings (SSSR count). The van der Waals surface area contributed by atoms with E-state index in [1.807, 2.05) is 36.4 Å². The zero-order valence-electron chi connectivity index (χ0n) is 17.0. The molecule has 0 radical (unpaired) electrons. The van der Waals surface area contributed by atoms with Crippen LogP contribution in [0.4, 0.5) is 0 Å². The van der Waals surface area contributed by atoms with Crippen LogP contribution in [-0.4, -0.2) is 56.7 Å². The van der Waals surface area contributed by atoms with Crippen LogP contribution in [0, 0.1) is 0 Å². The zero-order chi connectivity index (χ0) is 20.9. The van der Waals surface area contributed by atoms with Crippen molar-refractivity contribution in [2.75, 3.05) is 40.0 Å². The molecule has 7 nitrogen and oxygen atoms in total. The number of esters is 1. The third-order valence-corrected chi connectivity index (χ3v) is 5.63. The molecule has 2 aliphatic heterocycles. The van der Waals surface area contributed by atoms with E-state index in [2.05, 4.69) is 10.2 Å². The smallest absolute Gasteiger partial charge is 0.339 e. The highest BCUT2D eigenvalue weighted by Gasteiger charge is 2.32. The first-order valence-corrected chi connectivity index (χ1v) is 10.2. The lowest BCUT2D eigenvalue weighted by molar-refractivity contribution is -0.123. The zero-order valence-corrected chi connectivity index (χ0v) is 17.0. The molecule has 2 unspecified atom stereocenters. The van der Waals surface area contributed by atoms with Gasteiger partial charge < -0.3 is 19.5 Å². The molecule has 158 valence electrons. The quantitative estimate of drug-likeness (QED) is 0.707. The summed E-state index contributed by atoms with van der Waals surface area (Å²) < 4.78 is 16.1. The second-order valence-electron chi connectivity index (χ2n) is 7.43. The molecule has 1 N–H and O–H groups in total. The highest BCUT2D eigenvalue weighted by Crippen LogP contribution is 2.32. The van der Waals surface area contributed by atoms with Gasteiger partial charge in [0, 0.05) is 25.2 Å². The number of hydrogen-bond donors (Lipinski definition) is 1. The Hall–Kier alpha value is -2.90. The van der Waals surface area contributed by atoms with E-state index >= 15 is 0 Å². The summed E-state index contributed by atoms with van der Waals surface area (Å²) in [7, 11) is 1.64. The van der Waals surface area contributed by atoms with Crippen LogP contribution in [0.25, 0.3) is 0 Å². The van der Waals surface area contributed by atoms with Gasteiger partial charge in [0.05, 0.1) is 38.3 Å². The summed E-state index contributed by atoms with van der Waals surface area (Å²) >= 11 is 0. The number of amides is 1. The predicted octanol–water partition coefficient (Wildman–Crippen LogP) is 2.49. The molecule has 0 saturated carbocycles. The molecule has 1 fully saturated rings. The largest absolute Gasteiger partial charge is 0.497 e. The number of cyclic esters (lactones) is 1. The number of rotatable bonds is 7. The lowest BCUT2D eigenvalue weighted by Gasteiger charge is -2.35. The summed E-state index contributed by atoms with van der Waals surface area (Å²) in [4.78, 5) is 27.0. The monoisotopic (exact) mass is 410 g/mol. The highest BCUT2D eigenvalue weighted by atomic mass is 16.5. The van der Waals surface area contributed by atoms with Gasteiger partial charge in [0.1, 0.15) is 11.9 Å². The Morgan fingerprint density at radius 3 is 2.63 bits per heavy atom. The van der Waals surface area contributed by atoms with Gasteiger partial charge in [-0.2, -0.15) is 0 Å². The molecule has 1 saturated heterocycles. The molecule has 0 aliphatic carbocycles. The van der Waals surface area contributed by atoms with Gasteiger partial charge in [-0.25, -0.2) is 4.79 Å². The fourth-order valence-corrected chi connectivity index (χ4v) is 4.00. The molecule has 2 aromatic rings. The first kappa shape index (κ1) is 20.4. The van der Waals surface area contributed by atoms with Crippen LogP contribution in [-0.2, 0) is 14.3 Å². The average molecular weight is 410 g/mol. The van der Waals surface area contributed by atoms with Crippen LogP contribution >= 0.6 is 0 Å². The fraction of sp³-hybridized carbons (Fsp3) is 0.391. The third kappa shape index (κ3) is 4.47. The van der Waals surface area contributed by atoms with Crippen LogP contribution in [0.15, 0.2) is 48.5 Å². The molecule has 2 heterocycles. The number of fused-ring (bicyclic) bond motifs is 1. The average Bonchev–Trinajstić information content (AvgIpc) is 3.10. The molecule has 0 spiro atoms. The maximum Gasteiger partial charge on any atom is 0.339 e. The number of ether oxygens (including phenoxy) is 3. The maximum absolute atomic E-state index is 12.7. The predicted molar refractivity (Wildman–Crippen MR) is 110 cm³/mol. The minimum absolute atomic E-state index is 0.0298. The molecule has 7 heteroatoms. The molecule has 0 bridgehead atoms. The minimum Gasteiger partial charge on any atom is -0.497 e. The van der Waals surface area contributed by atoms with Gasteiger partial charge in [-0.05, 0) is 23.8 Å². The minimum atomic E-state index is -0.531. The van der Waals surface area contributed by atoms with Crippen molar-refractivity contribution in [3.8, 4) is 5.75 Å². The molecule has 1 amide bonds. The van der Waals surface area contributed by atoms with Gasteiger partial charge in [-0.15, -0.1) is 0 Å². The highest BCUT2D eigenvalue weighted by molar-refractivity contribution is 5.94. The fourth-order valence-electron chi connectivity index (χ4n) is 4.00. The van der Waals surface area contributed by atoms with Crippen molar-refractivity contribution in [2.24, 2.45) is 0 Å². The lowest BCUT2D eigenvalue weighted by Crippen LogP contribution is -2.44. The van der Waals surface area contributed by atoms with E-state index in [-0.39, 0.29) is 24.3 Å². The Bertz CT molecular complexity index is 893. The molecule has 2 aliphatic rings. The third-order valence-electron chi connectivity index (χ3n) is 5.63. The molecule has 0 aromatic heterocycles. The second kappa shape index (κ2) is 9.28. The van der Waals surface area contributed by atoms with Crippen LogP contribution in [0.2, 0.25) is 0 Å². The maximum atomic E-state index is 12.7. The van der Waals surface area contributed by atoms with Crippen molar-refractivity contribution >= 4 is 11.9 Å². The van der Waals surface area contributed by atoms with Crippen molar-refractivity contribution in [3.63, 3.8) is 0 Å². The van der Waals surface area contributed by atoms with Crippen molar-refractivity contribution in [2.45, 2.75) is 18.6 Å². The number of carbonyl (C=O) groups is 2. The Labute approximate surface area is 175 Å². The SMILES string of the molecule is COc1ccc(C(CNC(=O)CC2OC(=O)c3ccccc32)N2CCOCC2)cc1. The van der Waals surface area contributed by atoms with Crippen LogP contribution < -0.4 is 10.1 Å². The van der Waals surface area contributed by atoms with E-state index in [9.17, 15) is 9.59 Å². The van der Waals surface area contributed by atoms with E-state index < -0.39 is 6.10 Å². The topological polar surface area (TPSA) is 77.1 Å². The first-order chi connectivity index (χ1) is 14.7. The Balaban J connectivity index is 1.41. The van der Waals surface area contributed by atoms with E-state index in [0.29, 0.717) is 25.3 Å². The summed E-state index contributed by atoms with van der Waals surface area (Å²) in [6, 6.07) is 15.2. The van der Waals surface area contributed by atoms with Gasteiger partial charge in [0.25, 0.3) is 0 Å². The molecular formula is C23H26N2O5. The number of carbonyl (C=O) groups excluding carboxylic acids is 2. The summed E-state index contributed by atoms with van der Waals surface area (Å²) in [5, 5.41) is 3.04. The Morgan fingerprint density at radius 2 is 1.90 bits per heavy atom. The van der Waals surface area contributed by atoms with Gasteiger partial charge in [0.2, 0.25) is 5.91 Å². The van der Waals surface area contributed by atoms with Crippen molar-refractivity contribution in [1.29, 1.82) is 0 Å². The van der Waals surface area contributed by atoms with Gasteiger partial charge >= 0.3 is 5.97 Å². The van der Waals surface area contributed by atoms with Crippen LogP contribution in [0.1, 0.15) is 40.1 Å². The van der Waals surface area contributed by atoms with Crippen LogP contribution in [0.3, 0.4) is 0 Å². The Kier molecular flexibility index (Phi) is 6.30. The second-order valence-corrected chi connectivity index (χ2v) is 7.43. The standard InChI is InChI=1S/C23H26N2O5/c1-28-17-8-6-16(7-9-17)20(25-10-12-29-13-11-25)15-24-22(26)14-21-18-4-2-3-5-19(18)23(27)30-21/h2-9,20-21H,10-15H2,1H3,(H,24,26). The number of nitrogens with one attached hydrogen (secondary N) is 1. The normalized spacial score (nSPS) is 19.6. The number of benzene rings is 2. The summed E-state index contributed by atoms with van der Waals surface area (Å²) in [5.41, 5.74) is 2.42. The molecule has 2 aromatic carbocycles. The molecular weight excluding hydrogens is 384 g/mol. The van der Waals surface area contributed by atoms with Crippen molar-refractivity contribution in [3.05, 3.63) is 65.2 Å². The van der Waals surface area contributed by atoms with E-state index in [1.54, 1.807) is 19.2 Å². The number of hydrogen-bond acceptors (Lipinski definition) is 6.